The van der Waals surface area contributed by atoms with Gasteiger partial charge in [0.2, 0.25) is 5.89 Å². The third kappa shape index (κ3) is 3.73. The Labute approximate surface area is 196 Å². The van der Waals surface area contributed by atoms with Crippen LogP contribution in [-0.2, 0) is 6.54 Å². The molecule has 172 valence electrons. The average molecular weight is 457 g/mol. The lowest BCUT2D eigenvalue weighted by atomic mass is 10.1. The molecule has 0 aliphatic heterocycles. The van der Waals surface area contributed by atoms with Crippen molar-refractivity contribution < 1.29 is 13.9 Å². The van der Waals surface area contributed by atoms with Crippen LogP contribution in [0.2, 0.25) is 0 Å². The highest BCUT2D eigenvalue weighted by atomic mass is 16.5. The quantitative estimate of drug-likeness (QED) is 0.374. The van der Waals surface area contributed by atoms with Gasteiger partial charge in [-0.1, -0.05) is 18.2 Å². The zero-order valence-corrected chi connectivity index (χ0v) is 19.4. The van der Waals surface area contributed by atoms with Gasteiger partial charge in [-0.05, 0) is 49.7 Å². The second-order valence-electron chi connectivity index (χ2n) is 8.00. The fourth-order valence-corrected chi connectivity index (χ4v) is 3.95. The molecule has 2 aromatic carbocycles. The van der Waals surface area contributed by atoms with E-state index in [1.54, 1.807) is 41.8 Å². The summed E-state index contributed by atoms with van der Waals surface area (Å²) in [5.74, 6) is 2.47. The number of aryl methyl sites for hydroxylation is 2. The van der Waals surface area contributed by atoms with Gasteiger partial charge in [0.25, 0.3) is 5.56 Å². The largest absolute Gasteiger partial charge is 0.493 e. The van der Waals surface area contributed by atoms with Gasteiger partial charge in [-0.25, -0.2) is 9.50 Å². The molecule has 0 N–H and O–H groups in total. The second-order valence-corrected chi connectivity index (χ2v) is 8.00. The molecular formula is C26H24N4O4. The standard InChI is InChI=1S/C26H24N4O4/c1-16-7-5-6-8-19(16)25-27-21(17(2)34-25)15-29-11-12-30-22(26(29)31)14-20(28-30)18-9-10-23(32-3)24(13-18)33-4/h5-14H,15H2,1-4H3. The predicted molar refractivity (Wildman–Crippen MR) is 129 cm³/mol. The van der Waals surface area contributed by atoms with Gasteiger partial charge in [0.05, 0.1) is 26.5 Å². The van der Waals surface area contributed by atoms with Gasteiger partial charge in [-0.15, -0.1) is 0 Å². The van der Waals surface area contributed by atoms with Gasteiger partial charge in [-0.2, -0.15) is 5.10 Å². The van der Waals surface area contributed by atoms with E-state index in [0.717, 1.165) is 16.7 Å². The summed E-state index contributed by atoms with van der Waals surface area (Å²) in [5, 5.41) is 4.57. The highest BCUT2D eigenvalue weighted by Gasteiger charge is 2.16. The molecule has 0 spiro atoms. The molecule has 0 saturated carbocycles. The number of hydrogen-bond donors (Lipinski definition) is 0. The minimum absolute atomic E-state index is 0.165. The molecule has 0 radical (unpaired) electrons. The molecule has 0 amide bonds. The van der Waals surface area contributed by atoms with E-state index in [1.165, 1.54) is 0 Å². The number of benzene rings is 2. The SMILES string of the molecule is COc1ccc(-c2cc3c(=O)n(Cc4nc(-c5ccccc5C)oc4C)ccn3n2)cc1OC. The summed E-state index contributed by atoms with van der Waals surface area (Å²) in [7, 11) is 3.17. The number of rotatable bonds is 6. The Hall–Kier alpha value is -4.33. The van der Waals surface area contributed by atoms with Crippen LogP contribution in [0.15, 0.2) is 70.1 Å². The Balaban J connectivity index is 1.49. The maximum absolute atomic E-state index is 13.2. The number of nitrogens with zero attached hydrogens (tertiary/aromatic N) is 4. The van der Waals surface area contributed by atoms with Crippen molar-refractivity contribution >= 4 is 5.52 Å². The molecule has 0 fully saturated rings. The monoisotopic (exact) mass is 456 g/mol. The van der Waals surface area contributed by atoms with E-state index in [4.69, 9.17) is 13.9 Å². The summed E-state index contributed by atoms with van der Waals surface area (Å²) < 4.78 is 19.8. The average Bonchev–Trinajstić information content (AvgIpc) is 3.45. The van der Waals surface area contributed by atoms with Crippen LogP contribution in [0, 0.1) is 13.8 Å². The Morgan fingerprint density at radius 1 is 0.971 bits per heavy atom. The normalized spacial score (nSPS) is 11.2. The molecule has 5 aromatic rings. The highest BCUT2D eigenvalue weighted by Crippen LogP contribution is 2.32. The molecule has 0 saturated heterocycles. The van der Waals surface area contributed by atoms with Crippen LogP contribution >= 0.6 is 0 Å². The fraction of sp³-hybridized carbons (Fsp3) is 0.192. The smallest absolute Gasteiger partial charge is 0.276 e. The summed E-state index contributed by atoms with van der Waals surface area (Å²) in [5.41, 5.74) is 4.52. The molecule has 34 heavy (non-hydrogen) atoms. The summed E-state index contributed by atoms with van der Waals surface area (Å²) in [6.45, 7) is 4.18. The van der Waals surface area contributed by atoms with Crippen LogP contribution in [0.1, 0.15) is 17.0 Å². The first-order valence-corrected chi connectivity index (χ1v) is 10.8. The predicted octanol–water partition coefficient (Wildman–Crippen LogP) is 4.50. The summed E-state index contributed by atoms with van der Waals surface area (Å²) >= 11 is 0. The van der Waals surface area contributed by atoms with E-state index >= 15 is 0 Å². The first kappa shape index (κ1) is 21.5. The van der Waals surface area contributed by atoms with E-state index in [0.29, 0.717) is 46.6 Å². The van der Waals surface area contributed by atoms with Crippen molar-refractivity contribution in [3.63, 3.8) is 0 Å². The second kappa shape index (κ2) is 8.55. The Morgan fingerprint density at radius 2 is 1.76 bits per heavy atom. The van der Waals surface area contributed by atoms with E-state index < -0.39 is 0 Å². The molecule has 8 heteroatoms. The van der Waals surface area contributed by atoms with E-state index in [-0.39, 0.29) is 5.56 Å². The first-order valence-electron chi connectivity index (χ1n) is 10.8. The lowest BCUT2D eigenvalue weighted by Crippen LogP contribution is -2.22. The van der Waals surface area contributed by atoms with Crippen LogP contribution < -0.4 is 15.0 Å². The van der Waals surface area contributed by atoms with Gasteiger partial charge >= 0.3 is 0 Å². The Morgan fingerprint density at radius 3 is 2.53 bits per heavy atom. The molecule has 5 rings (SSSR count). The number of methoxy groups -OCH3 is 2. The number of oxazole rings is 1. The number of hydrogen-bond acceptors (Lipinski definition) is 6. The minimum Gasteiger partial charge on any atom is -0.493 e. The van der Waals surface area contributed by atoms with Crippen molar-refractivity contribution in [1.29, 1.82) is 0 Å². The van der Waals surface area contributed by atoms with E-state index in [9.17, 15) is 4.79 Å². The van der Waals surface area contributed by atoms with Crippen molar-refractivity contribution in [3.8, 4) is 34.2 Å². The van der Waals surface area contributed by atoms with Crippen LogP contribution in [0.25, 0.3) is 28.2 Å². The molecule has 8 nitrogen and oxygen atoms in total. The number of fused-ring (bicyclic) bond motifs is 1. The zero-order chi connectivity index (χ0) is 23.8. The fourth-order valence-electron chi connectivity index (χ4n) is 3.95. The summed E-state index contributed by atoms with van der Waals surface area (Å²) in [4.78, 5) is 17.9. The maximum Gasteiger partial charge on any atom is 0.276 e. The van der Waals surface area contributed by atoms with Crippen LogP contribution in [-0.4, -0.2) is 33.4 Å². The molecule has 3 aromatic heterocycles. The van der Waals surface area contributed by atoms with Crippen LogP contribution in [0.3, 0.4) is 0 Å². The first-order chi connectivity index (χ1) is 16.5. The maximum atomic E-state index is 13.2. The lowest BCUT2D eigenvalue weighted by Gasteiger charge is -2.08. The Bertz CT molecular complexity index is 1560. The van der Waals surface area contributed by atoms with Gasteiger partial charge in [-0.3, -0.25) is 4.79 Å². The van der Waals surface area contributed by atoms with Crippen molar-refractivity contribution in [1.82, 2.24) is 19.2 Å². The topological polar surface area (TPSA) is 83.8 Å². The molecule has 0 unspecified atom stereocenters. The van der Waals surface area contributed by atoms with Crippen molar-refractivity contribution in [2.24, 2.45) is 0 Å². The molecule has 0 bridgehead atoms. The van der Waals surface area contributed by atoms with E-state index in [1.807, 2.05) is 56.3 Å². The van der Waals surface area contributed by atoms with Gasteiger partial charge in [0.1, 0.15) is 17.0 Å². The minimum atomic E-state index is -0.165. The lowest BCUT2D eigenvalue weighted by molar-refractivity contribution is 0.355. The number of ether oxygens (including phenoxy) is 2. The van der Waals surface area contributed by atoms with Crippen molar-refractivity contribution in [2.75, 3.05) is 14.2 Å². The van der Waals surface area contributed by atoms with Gasteiger partial charge in [0, 0.05) is 23.5 Å². The summed E-state index contributed by atoms with van der Waals surface area (Å²) in [6.07, 6.45) is 3.47. The third-order valence-corrected chi connectivity index (χ3v) is 5.87. The van der Waals surface area contributed by atoms with Crippen molar-refractivity contribution in [2.45, 2.75) is 20.4 Å². The highest BCUT2D eigenvalue weighted by molar-refractivity contribution is 5.68. The van der Waals surface area contributed by atoms with Crippen LogP contribution in [0.5, 0.6) is 11.5 Å². The Kier molecular flexibility index (Phi) is 5.41. The molecule has 0 aliphatic rings. The van der Waals surface area contributed by atoms with E-state index in [2.05, 4.69) is 10.1 Å². The molecule has 3 heterocycles. The molecule has 0 aliphatic carbocycles. The van der Waals surface area contributed by atoms with Crippen LogP contribution in [0.4, 0.5) is 0 Å². The number of aromatic nitrogens is 4. The molecular weight excluding hydrogens is 432 g/mol. The van der Waals surface area contributed by atoms with Crippen molar-refractivity contribution in [3.05, 3.63) is 88.3 Å². The van der Waals surface area contributed by atoms with Gasteiger partial charge < -0.3 is 18.5 Å². The molecule has 0 atom stereocenters. The zero-order valence-electron chi connectivity index (χ0n) is 19.4. The van der Waals surface area contributed by atoms with Gasteiger partial charge in [0.15, 0.2) is 11.5 Å². The summed E-state index contributed by atoms with van der Waals surface area (Å²) in [6, 6.07) is 15.2. The third-order valence-electron chi connectivity index (χ3n) is 5.87.